The summed E-state index contributed by atoms with van der Waals surface area (Å²) in [5.41, 5.74) is 0.00623. The summed E-state index contributed by atoms with van der Waals surface area (Å²) >= 11 is 0. The van der Waals surface area contributed by atoms with Crippen molar-refractivity contribution in [2.45, 2.75) is 11.9 Å². The Labute approximate surface area is 124 Å². The van der Waals surface area contributed by atoms with Crippen LogP contribution in [0.4, 0.5) is 0 Å². The Balaban J connectivity index is 3.19. The first-order valence-electron chi connectivity index (χ1n) is 5.88. The van der Waals surface area contributed by atoms with Crippen LogP contribution in [0.3, 0.4) is 0 Å². The second kappa shape index (κ2) is 7.50. The predicted molar refractivity (Wildman–Crippen MR) is 68.8 cm³/mol. The minimum absolute atomic E-state index is 0.00623. The molecule has 0 fully saturated rings. The van der Waals surface area contributed by atoms with E-state index in [1.54, 1.807) is 6.07 Å². The van der Waals surface area contributed by atoms with Crippen LogP contribution in [0.2, 0.25) is 0 Å². The Hall–Kier alpha value is -2.49. The smallest absolute Gasteiger partial charge is 0.381 e. The zero-order valence-corrected chi connectivity index (χ0v) is 11.7. The van der Waals surface area contributed by atoms with Crippen molar-refractivity contribution in [3.63, 3.8) is 0 Å². The first-order valence-corrected chi connectivity index (χ1v) is 5.88. The molecule has 9 heteroatoms. The number of methoxy groups -OCH3 is 1. The fraction of sp³-hybridized carbons (Fsp3) is 0.308. The van der Waals surface area contributed by atoms with Crippen molar-refractivity contribution in [3.05, 3.63) is 35.9 Å². The lowest BCUT2D eigenvalue weighted by Crippen LogP contribution is -2.58. The third-order valence-corrected chi connectivity index (χ3v) is 2.62. The molecule has 0 amide bonds. The molecule has 0 bridgehead atoms. The van der Waals surface area contributed by atoms with Gasteiger partial charge in [0.25, 0.3) is 6.10 Å². The Morgan fingerprint density at radius 1 is 1.09 bits per heavy atom. The molecule has 0 saturated carbocycles. The van der Waals surface area contributed by atoms with E-state index in [0.717, 1.165) is 14.2 Å². The molecular weight excluding hydrogens is 300 g/mol. The van der Waals surface area contributed by atoms with Crippen molar-refractivity contribution < 1.29 is 43.8 Å². The summed E-state index contributed by atoms with van der Waals surface area (Å²) in [5.74, 6) is -7.65. The molecule has 2 atom stereocenters. The third kappa shape index (κ3) is 3.58. The highest BCUT2D eigenvalue weighted by molar-refractivity contribution is 5.94. The monoisotopic (exact) mass is 314 g/mol. The van der Waals surface area contributed by atoms with E-state index in [9.17, 15) is 19.5 Å². The second-order valence-electron chi connectivity index (χ2n) is 3.91. The van der Waals surface area contributed by atoms with E-state index in [-0.39, 0.29) is 5.56 Å². The topological polar surface area (TPSA) is 129 Å². The molecule has 0 saturated heterocycles. The number of carboxylic acid groups (broad SMARTS) is 2. The molecule has 120 valence electrons. The van der Waals surface area contributed by atoms with Crippen LogP contribution in [0, 0.1) is 0 Å². The van der Waals surface area contributed by atoms with E-state index in [1.807, 2.05) is 0 Å². The van der Waals surface area contributed by atoms with Gasteiger partial charge in [-0.1, -0.05) is 18.2 Å². The van der Waals surface area contributed by atoms with Gasteiger partial charge in [0.15, 0.2) is 0 Å². The van der Waals surface area contributed by atoms with Crippen LogP contribution in [0.5, 0.6) is 0 Å². The first-order chi connectivity index (χ1) is 10.4. The predicted octanol–water partition coefficient (Wildman–Crippen LogP) is 0.302. The van der Waals surface area contributed by atoms with Gasteiger partial charge in [0.1, 0.15) is 0 Å². The molecule has 0 aliphatic heterocycles. The fourth-order valence-corrected chi connectivity index (χ4v) is 1.58. The average Bonchev–Trinajstić information content (AvgIpc) is 2.50. The molecule has 2 unspecified atom stereocenters. The molecule has 0 aromatic heterocycles. The number of carboxylic acids is 2. The lowest BCUT2D eigenvalue weighted by atomic mass is 10.1. The molecule has 9 nitrogen and oxygen atoms in total. The molecule has 0 spiro atoms. The fourth-order valence-electron chi connectivity index (χ4n) is 1.58. The number of esters is 1. The number of hydrogen-bond donors (Lipinski definition) is 2. The number of carbonyl (C=O) groups is 3. The van der Waals surface area contributed by atoms with E-state index >= 15 is 0 Å². The Morgan fingerprint density at radius 2 is 1.68 bits per heavy atom. The van der Waals surface area contributed by atoms with Gasteiger partial charge in [0, 0.05) is 7.11 Å². The average molecular weight is 314 g/mol. The van der Waals surface area contributed by atoms with Crippen LogP contribution < -0.4 is 0 Å². The Kier molecular flexibility index (Phi) is 5.99. The van der Waals surface area contributed by atoms with Crippen molar-refractivity contribution in [2.75, 3.05) is 14.2 Å². The van der Waals surface area contributed by atoms with Crippen molar-refractivity contribution in [2.24, 2.45) is 0 Å². The Morgan fingerprint density at radius 3 is 2.09 bits per heavy atom. The highest BCUT2D eigenvalue weighted by Crippen LogP contribution is 2.24. The highest BCUT2D eigenvalue weighted by Gasteiger charge is 2.57. The van der Waals surface area contributed by atoms with Gasteiger partial charge in [-0.25, -0.2) is 24.2 Å². The lowest BCUT2D eigenvalue weighted by molar-refractivity contribution is -0.357. The largest absolute Gasteiger partial charge is 0.479 e. The maximum atomic E-state index is 12.0. The molecule has 1 aromatic rings. The van der Waals surface area contributed by atoms with E-state index in [2.05, 4.69) is 14.5 Å². The zero-order chi connectivity index (χ0) is 16.8. The number of aliphatic carboxylic acids is 2. The van der Waals surface area contributed by atoms with Crippen LogP contribution >= 0.6 is 0 Å². The van der Waals surface area contributed by atoms with Gasteiger partial charge in [-0.3, -0.25) is 0 Å². The van der Waals surface area contributed by atoms with Crippen molar-refractivity contribution in [3.8, 4) is 0 Å². The van der Waals surface area contributed by atoms with Crippen LogP contribution in [-0.2, 0) is 28.8 Å². The van der Waals surface area contributed by atoms with Gasteiger partial charge in [0.2, 0.25) is 0 Å². The molecule has 0 aliphatic rings. The van der Waals surface area contributed by atoms with Crippen molar-refractivity contribution in [1.29, 1.82) is 0 Å². The van der Waals surface area contributed by atoms with Crippen molar-refractivity contribution in [1.82, 2.24) is 0 Å². The minimum atomic E-state index is -2.92. The molecule has 0 radical (unpaired) electrons. The standard InChI is InChI=1S/C13H14O9/c1-19-13(12(17)18,9(10(14)15)22-20-2)21-11(16)8-6-4-3-5-7-8/h3-7,9H,1-2H3,(H,14,15)(H,17,18). The molecule has 1 aromatic carbocycles. The number of carbonyl (C=O) groups excluding carboxylic acids is 1. The van der Waals surface area contributed by atoms with E-state index in [0.29, 0.717) is 0 Å². The third-order valence-electron chi connectivity index (χ3n) is 2.62. The van der Waals surface area contributed by atoms with E-state index < -0.39 is 29.8 Å². The SMILES string of the molecule is COOC(C(=O)O)C(OC)(OC(=O)c1ccccc1)C(=O)O. The number of hydrogen-bond acceptors (Lipinski definition) is 7. The van der Waals surface area contributed by atoms with Crippen LogP contribution in [0.25, 0.3) is 0 Å². The number of benzene rings is 1. The number of rotatable bonds is 8. The molecule has 0 heterocycles. The van der Waals surface area contributed by atoms with Crippen LogP contribution in [0.15, 0.2) is 30.3 Å². The summed E-state index contributed by atoms with van der Waals surface area (Å²) in [4.78, 5) is 43.2. The number of ether oxygens (including phenoxy) is 2. The van der Waals surface area contributed by atoms with Gasteiger partial charge in [-0.05, 0) is 12.1 Å². The van der Waals surface area contributed by atoms with Gasteiger partial charge >= 0.3 is 23.7 Å². The molecule has 0 aliphatic carbocycles. The normalized spacial score (nSPS) is 14.6. The van der Waals surface area contributed by atoms with Crippen LogP contribution in [-0.4, -0.2) is 54.2 Å². The van der Waals surface area contributed by atoms with E-state index in [4.69, 9.17) is 9.84 Å². The maximum Gasteiger partial charge on any atom is 0.381 e. The maximum absolute atomic E-state index is 12.0. The second-order valence-corrected chi connectivity index (χ2v) is 3.91. The van der Waals surface area contributed by atoms with Gasteiger partial charge in [-0.15, -0.1) is 0 Å². The summed E-state index contributed by atoms with van der Waals surface area (Å²) < 4.78 is 9.40. The lowest BCUT2D eigenvalue weighted by Gasteiger charge is -2.30. The summed E-state index contributed by atoms with van der Waals surface area (Å²) in [6, 6.07) is 7.39. The van der Waals surface area contributed by atoms with Crippen LogP contribution in [0.1, 0.15) is 10.4 Å². The molecule has 1 rings (SSSR count). The molecule has 22 heavy (non-hydrogen) atoms. The first kappa shape index (κ1) is 17.6. The summed E-state index contributed by atoms with van der Waals surface area (Å²) in [5, 5.41) is 18.3. The van der Waals surface area contributed by atoms with Crippen molar-refractivity contribution >= 4 is 17.9 Å². The summed E-state index contributed by atoms with van der Waals surface area (Å²) in [6.45, 7) is 0. The minimum Gasteiger partial charge on any atom is -0.479 e. The van der Waals surface area contributed by atoms with Gasteiger partial charge in [-0.2, -0.15) is 0 Å². The molecular formula is C13H14O9. The highest BCUT2D eigenvalue weighted by atomic mass is 17.2. The van der Waals surface area contributed by atoms with Gasteiger partial charge < -0.3 is 19.7 Å². The van der Waals surface area contributed by atoms with E-state index in [1.165, 1.54) is 24.3 Å². The van der Waals surface area contributed by atoms with Gasteiger partial charge in [0.05, 0.1) is 12.7 Å². The summed E-state index contributed by atoms with van der Waals surface area (Å²) in [7, 11) is 1.83. The Bertz CT molecular complexity index is 542. The zero-order valence-electron chi connectivity index (χ0n) is 11.7. The summed E-state index contributed by atoms with van der Waals surface area (Å²) in [6.07, 6.45) is -2.24. The quantitative estimate of drug-likeness (QED) is 0.301. The molecule has 2 N–H and O–H groups in total.